The van der Waals surface area contributed by atoms with Crippen molar-refractivity contribution in [1.82, 2.24) is 9.80 Å². The monoisotopic (exact) mass is 318 g/mol. The van der Waals surface area contributed by atoms with Crippen molar-refractivity contribution in [1.29, 1.82) is 0 Å². The summed E-state index contributed by atoms with van der Waals surface area (Å²) < 4.78 is 22.9. The molecule has 1 rings (SSSR count). The first-order valence-corrected chi connectivity index (χ1v) is 9.00. The second-order valence-electron chi connectivity index (χ2n) is 6.65. The molecule has 6 nitrogen and oxygen atoms in total. The summed E-state index contributed by atoms with van der Waals surface area (Å²) in [6, 6.07) is -0.233. The fourth-order valence-corrected chi connectivity index (χ4v) is 4.41. The fourth-order valence-electron chi connectivity index (χ4n) is 2.63. The van der Waals surface area contributed by atoms with Crippen LogP contribution >= 0.6 is 0 Å². The standard InChI is InChI=1S/C14H26N2O4S/c1-11(17)16(14(2,3)4)8-6-13(18)15(5)12-7-9-21(19,20)10-12/h12H,6-10H2,1-5H3. The lowest BCUT2D eigenvalue weighted by molar-refractivity contribution is -0.136. The van der Waals surface area contributed by atoms with Gasteiger partial charge in [0.1, 0.15) is 0 Å². The summed E-state index contributed by atoms with van der Waals surface area (Å²) in [7, 11) is -1.36. The first kappa shape index (κ1) is 17.9. The van der Waals surface area contributed by atoms with Gasteiger partial charge in [0.25, 0.3) is 0 Å². The van der Waals surface area contributed by atoms with Gasteiger partial charge in [0.2, 0.25) is 11.8 Å². The number of hydrogen-bond acceptors (Lipinski definition) is 4. The molecule has 1 aliphatic heterocycles. The van der Waals surface area contributed by atoms with Gasteiger partial charge in [0.15, 0.2) is 9.84 Å². The number of rotatable bonds is 4. The van der Waals surface area contributed by atoms with Crippen molar-refractivity contribution in [3.05, 3.63) is 0 Å². The van der Waals surface area contributed by atoms with Gasteiger partial charge in [-0.05, 0) is 27.2 Å². The van der Waals surface area contributed by atoms with Crippen molar-refractivity contribution in [2.75, 3.05) is 25.1 Å². The van der Waals surface area contributed by atoms with Crippen LogP contribution in [0.3, 0.4) is 0 Å². The second kappa shape index (κ2) is 6.34. The Morgan fingerprint density at radius 2 is 1.81 bits per heavy atom. The molecule has 0 saturated carbocycles. The molecule has 21 heavy (non-hydrogen) atoms. The third-order valence-electron chi connectivity index (χ3n) is 3.89. The Morgan fingerprint density at radius 3 is 2.19 bits per heavy atom. The number of carbonyl (C=O) groups excluding carboxylic acids is 2. The van der Waals surface area contributed by atoms with Gasteiger partial charge in [-0.3, -0.25) is 9.59 Å². The third-order valence-corrected chi connectivity index (χ3v) is 5.64. The molecule has 1 unspecified atom stereocenters. The molecule has 1 aliphatic rings. The van der Waals surface area contributed by atoms with E-state index < -0.39 is 9.84 Å². The van der Waals surface area contributed by atoms with E-state index in [-0.39, 0.29) is 41.3 Å². The van der Waals surface area contributed by atoms with Crippen molar-refractivity contribution < 1.29 is 18.0 Å². The van der Waals surface area contributed by atoms with Crippen molar-refractivity contribution in [3.8, 4) is 0 Å². The highest BCUT2D eigenvalue weighted by Gasteiger charge is 2.33. The number of nitrogens with zero attached hydrogens (tertiary/aromatic N) is 2. The average molecular weight is 318 g/mol. The Bertz CT molecular complexity index is 508. The lowest BCUT2D eigenvalue weighted by Gasteiger charge is -2.35. The summed E-state index contributed by atoms with van der Waals surface area (Å²) in [4.78, 5) is 27.0. The molecule has 0 radical (unpaired) electrons. The highest BCUT2D eigenvalue weighted by Crippen LogP contribution is 2.18. The maximum atomic E-state index is 12.2. The Hall–Kier alpha value is -1.11. The Labute approximate surface area is 127 Å². The first-order valence-electron chi connectivity index (χ1n) is 7.18. The average Bonchev–Trinajstić information content (AvgIpc) is 2.66. The van der Waals surface area contributed by atoms with Gasteiger partial charge in [-0.1, -0.05) is 0 Å². The van der Waals surface area contributed by atoms with E-state index in [0.29, 0.717) is 13.0 Å². The van der Waals surface area contributed by atoms with E-state index in [2.05, 4.69) is 0 Å². The van der Waals surface area contributed by atoms with Crippen LogP contribution in [0.1, 0.15) is 40.5 Å². The highest BCUT2D eigenvalue weighted by molar-refractivity contribution is 7.91. The van der Waals surface area contributed by atoms with E-state index in [1.807, 2.05) is 20.8 Å². The molecule has 2 amide bonds. The molecule has 0 aromatic carbocycles. The summed E-state index contributed by atoms with van der Waals surface area (Å²) in [5, 5.41) is 0. The van der Waals surface area contributed by atoms with Gasteiger partial charge < -0.3 is 9.80 Å². The molecule has 122 valence electrons. The SMILES string of the molecule is CC(=O)N(CCC(=O)N(C)C1CCS(=O)(=O)C1)C(C)(C)C. The fraction of sp³-hybridized carbons (Fsp3) is 0.857. The molecule has 0 aromatic rings. The number of hydrogen-bond donors (Lipinski definition) is 0. The van der Waals surface area contributed by atoms with E-state index in [4.69, 9.17) is 0 Å². The summed E-state index contributed by atoms with van der Waals surface area (Å²) >= 11 is 0. The maximum absolute atomic E-state index is 12.2. The van der Waals surface area contributed by atoms with Gasteiger partial charge in [0, 0.05) is 38.5 Å². The van der Waals surface area contributed by atoms with E-state index in [1.54, 1.807) is 11.9 Å². The Kier molecular flexibility index (Phi) is 5.41. The first-order chi connectivity index (χ1) is 9.44. The lowest BCUT2D eigenvalue weighted by atomic mass is 10.1. The second-order valence-corrected chi connectivity index (χ2v) is 8.88. The summed E-state index contributed by atoms with van der Waals surface area (Å²) in [5.74, 6) is 0.0101. The molecule has 0 aliphatic carbocycles. The molecule has 0 N–H and O–H groups in total. The predicted molar refractivity (Wildman–Crippen MR) is 81.6 cm³/mol. The van der Waals surface area contributed by atoms with Crippen molar-refractivity contribution in [2.24, 2.45) is 0 Å². The largest absolute Gasteiger partial charge is 0.342 e. The van der Waals surface area contributed by atoms with Crippen LogP contribution in [0.25, 0.3) is 0 Å². The van der Waals surface area contributed by atoms with Crippen LogP contribution in [-0.4, -0.2) is 66.7 Å². The van der Waals surface area contributed by atoms with Crippen LogP contribution in [0.4, 0.5) is 0 Å². The lowest BCUT2D eigenvalue weighted by Crippen LogP contribution is -2.47. The van der Waals surface area contributed by atoms with E-state index in [1.165, 1.54) is 11.8 Å². The quantitative estimate of drug-likeness (QED) is 0.763. The van der Waals surface area contributed by atoms with Crippen LogP contribution in [0.15, 0.2) is 0 Å². The Balaban J connectivity index is 2.59. The minimum absolute atomic E-state index is 0.0466. The minimum atomic E-state index is -3.00. The molecule has 1 fully saturated rings. The molecular formula is C14H26N2O4S. The highest BCUT2D eigenvalue weighted by atomic mass is 32.2. The number of amides is 2. The van der Waals surface area contributed by atoms with Gasteiger partial charge in [-0.15, -0.1) is 0 Å². The van der Waals surface area contributed by atoms with Gasteiger partial charge in [0.05, 0.1) is 11.5 Å². The van der Waals surface area contributed by atoms with Crippen LogP contribution in [0, 0.1) is 0 Å². The zero-order chi connectivity index (χ0) is 16.4. The number of sulfone groups is 1. The molecule has 1 saturated heterocycles. The molecule has 0 bridgehead atoms. The number of carbonyl (C=O) groups is 2. The summed E-state index contributed by atoms with van der Waals surface area (Å²) in [6.45, 7) is 7.61. The zero-order valence-electron chi connectivity index (χ0n) is 13.5. The van der Waals surface area contributed by atoms with Crippen LogP contribution in [0.2, 0.25) is 0 Å². The topological polar surface area (TPSA) is 74.8 Å². The molecular weight excluding hydrogens is 292 g/mol. The molecule has 1 heterocycles. The van der Waals surface area contributed by atoms with Crippen molar-refractivity contribution in [2.45, 2.75) is 52.1 Å². The van der Waals surface area contributed by atoms with Gasteiger partial charge in [-0.2, -0.15) is 0 Å². The minimum Gasteiger partial charge on any atom is -0.342 e. The van der Waals surface area contributed by atoms with E-state index >= 15 is 0 Å². The zero-order valence-corrected chi connectivity index (χ0v) is 14.4. The van der Waals surface area contributed by atoms with Crippen LogP contribution in [-0.2, 0) is 19.4 Å². The van der Waals surface area contributed by atoms with E-state index in [0.717, 1.165) is 0 Å². The maximum Gasteiger partial charge on any atom is 0.224 e. The molecule has 0 aromatic heterocycles. The summed E-state index contributed by atoms with van der Waals surface area (Å²) in [6.07, 6.45) is 0.712. The molecule has 7 heteroatoms. The predicted octanol–water partition coefficient (Wildman–Crippen LogP) is 0.669. The van der Waals surface area contributed by atoms with Crippen LogP contribution < -0.4 is 0 Å². The summed E-state index contributed by atoms with van der Waals surface area (Å²) in [5.41, 5.74) is -0.332. The smallest absolute Gasteiger partial charge is 0.224 e. The van der Waals surface area contributed by atoms with Gasteiger partial charge in [-0.25, -0.2) is 8.42 Å². The van der Waals surface area contributed by atoms with E-state index in [9.17, 15) is 18.0 Å². The molecule has 1 atom stereocenters. The van der Waals surface area contributed by atoms with Gasteiger partial charge >= 0.3 is 0 Å². The normalized spacial score (nSPS) is 21.1. The molecule has 0 spiro atoms. The van der Waals surface area contributed by atoms with Crippen molar-refractivity contribution in [3.63, 3.8) is 0 Å². The third kappa shape index (κ3) is 4.98. The Morgan fingerprint density at radius 1 is 1.24 bits per heavy atom. The van der Waals surface area contributed by atoms with Crippen LogP contribution in [0.5, 0.6) is 0 Å². The van der Waals surface area contributed by atoms with Crippen molar-refractivity contribution >= 4 is 21.7 Å².